The van der Waals surface area contributed by atoms with Crippen molar-refractivity contribution < 1.29 is 14.3 Å². The fourth-order valence-corrected chi connectivity index (χ4v) is 4.14. The van der Waals surface area contributed by atoms with Crippen LogP contribution in [0.15, 0.2) is 29.4 Å². The van der Waals surface area contributed by atoms with Gasteiger partial charge in [-0.2, -0.15) is 5.10 Å². The third-order valence-corrected chi connectivity index (χ3v) is 5.56. The van der Waals surface area contributed by atoms with Gasteiger partial charge < -0.3 is 14.0 Å². The molecule has 1 heterocycles. The minimum absolute atomic E-state index is 0.288. The number of aryl methyl sites for hydroxylation is 1. The SMILES string of the molecule is CCOc1ccc(C(=O)N/N=C\c2cc(C)n(C3CCCCC3)c2C)cc1OC. The largest absolute Gasteiger partial charge is 0.493 e. The number of benzene rings is 1. The zero-order valence-electron chi connectivity index (χ0n) is 17.8. The van der Waals surface area contributed by atoms with Crippen LogP contribution in [0.3, 0.4) is 0 Å². The molecule has 0 radical (unpaired) electrons. The number of hydrazone groups is 1. The summed E-state index contributed by atoms with van der Waals surface area (Å²) in [5.41, 5.74) is 6.57. The average Bonchev–Trinajstić information content (AvgIpc) is 3.02. The summed E-state index contributed by atoms with van der Waals surface area (Å²) in [5, 5.41) is 4.18. The molecule has 1 N–H and O–H groups in total. The highest BCUT2D eigenvalue weighted by Crippen LogP contribution is 2.32. The van der Waals surface area contributed by atoms with Gasteiger partial charge in [0.05, 0.1) is 19.9 Å². The lowest BCUT2D eigenvalue weighted by molar-refractivity contribution is 0.0954. The van der Waals surface area contributed by atoms with Crippen molar-refractivity contribution in [1.82, 2.24) is 9.99 Å². The van der Waals surface area contributed by atoms with Crippen LogP contribution in [0.5, 0.6) is 11.5 Å². The topological polar surface area (TPSA) is 64.8 Å². The van der Waals surface area contributed by atoms with E-state index in [0.29, 0.717) is 29.7 Å². The second kappa shape index (κ2) is 9.63. The van der Waals surface area contributed by atoms with Gasteiger partial charge in [0.1, 0.15) is 0 Å². The molecule has 29 heavy (non-hydrogen) atoms. The predicted molar refractivity (Wildman–Crippen MR) is 115 cm³/mol. The normalized spacial score (nSPS) is 14.9. The minimum Gasteiger partial charge on any atom is -0.493 e. The second-order valence-corrected chi connectivity index (χ2v) is 7.49. The molecule has 1 saturated carbocycles. The van der Waals surface area contributed by atoms with Crippen LogP contribution >= 0.6 is 0 Å². The number of hydrogen-bond acceptors (Lipinski definition) is 4. The van der Waals surface area contributed by atoms with Gasteiger partial charge in [-0.3, -0.25) is 4.79 Å². The van der Waals surface area contributed by atoms with Crippen molar-refractivity contribution in [2.45, 2.75) is 58.9 Å². The van der Waals surface area contributed by atoms with Crippen LogP contribution in [0.2, 0.25) is 0 Å². The standard InChI is InChI=1S/C23H31N3O3/c1-5-29-21-12-11-18(14-22(21)28-4)23(27)25-24-15-19-13-16(2)26(17(19)3)20-9-7-6-8-10-20/h11-15,20H,5-10H2,1-4H3,(H,25,27)/b24-15-. The van der Waals surface area contributed by atoms with Gasteiger partial charge in [0, 0.05) is 28.6 Å². The van der Waals surface area contributed by atoms with Crippen molar-refractivity contribution in [2.75, 3.05) is 13.7 Å². The van der Waals surface area contributed by atoms with Crippen LogP contribution in [0, 0.1) is 13.8 Å². The van der Waals surface area contributed by atoms with Gasteiger partial charge in [-0.05, 0) is 57.9 Å². The summed E-state index contributed by atoms with van der Waals surface area (Å²) in [5.74, 6) is 0.855. The minimum atomic E-state index is -0.288. The van der Waals surface area contributed by atoms with E-state index < -0.39 is 0 Å². The molecule has 1 amide bonds. The Labute approximate surface area is 172 Å². The molecule has 1 aromatic carbocycles. The van der Waals surface area contributed by atoms with E-state index in [1.165, 1.54) is 43.5 Å². The van der Waals surface area contributed by atoms with E-state index >= 15 is 0 Å². The summed E-state index contributed by atoms with van der Waals surface area (Å²) in [6.45, 7) is 6.71. The van der Waals surface area contributed by atoms with E-state index in [1.807, 2.05) is 6.92 Å². The molecule has 2 aromatic rings. The molecular weight excluding hydrogens is 366 g/mol. The lowest BCUT2D eigenvalue weighted by atomic mass is 9.95. The lowest BCUT2D eigenvalue weighted by Crippen LogP contribution is -2.18. The van der Waals surface area contributed by atoms with Gasteiger partial charge in [0.15, 0.2) is 11.5 Å². The van der Waals surface area contributed by atoms with Crippen LogP contribution in [0.4, 0.5) is 0 Å². The van der Waals surface area contributed by atoms with Crippen molar-refractivity contribution in [3.63, 3.8) is 0 Å². The van der Waals surface area contributed by atoms with Crippen molar-refractivity contribution in [1.29, 1.82) is 0 Å². The fourth-order valence-electron chi connectivity index (χ4n) is 4.14. The maximum Gasteiger partial charge on any atom is 0.271 e. The van der Waals surface area contributed by atoms with Crippen LogP contribution in [0.1, 0.15) is 72.4 Å². The third kappa shape index (κ3) is 4.81. The lowest BCUT2D eigenvalue weighted by Gasteiger charge is -2.26. The van der Waals surface area contributed by atoms with Gasteiger partial charge in [0.2, 0.25) is 0 Å². The second-order valence-electron chi connectivity index (χ2n) is 7.49. The molecule has 0 unspecified atom stereocenters. The zero-order valence-corrected chi connectivity index (χ0v) is 17.8. The first kappa shape index (κ1) is 21.0. The molecule has 1 fully saturated rings. The molecule has 1 aliphatic carbocycles. The number of nitrogens with zero attached hydrogens (tertiary/aromatic N) is 2. The van der Waals surface area contributed by atoms with Gasteiger partial charge >= 0.3 is 0 Å². The number of amides is 1. The zero-order chi connectivity index (χ0) is 20.8. The summed E-state index contributed by atoms with van der Waals surface area (Å²) in [4.78, 5) is 12.5. The van der Waals surface area contributed by atoms with E-state index in [-0.39, 0.29) is 5.91 Å². The predicted octanol–water partition coefficient (Wildman–Crippen LogP) is 4.78. The Bertz CT molecular complexity index is 880. The van der Waals surface area contributed by atoms with Crippen molar-refractivity contribution >= 4 is 12.1 Å². The molecule has 0 bridgehead atoms. The highest BCUT2D eigenvalue weighted by molar-refractivity contribution is 5.95. The first-order valence-corrected chi connectivity index (χ1v) is 10.4. The molecule has 156 valence electrons. The Hall–Kier alpha value is -2.76. The van der Waals surface area contributed by atoms with E-state index in [9.17, 15) is 4.79 Å². The highest BCUT2D eigenvalue weighted by Gasteiger charge is 2.19. The van der Waals surface area contributed by atoms with Crippen molar-refractivity contribution in [3.05, 3.63) is 46.8 Å². The number of methoxy groups -OCH3 is 1. The average molecular weight is 398 g/mol. The quantitative estimate of drug-likeness (QED) is 0.540. The van der Waals surface area contributed by atoms with Crippen LogP contribution in [0.25, 0.3) is 0 Å². The number of nitrogens with one attached hydrogen (secondary N) is 1. The van der Waals surface area contributed by atoms with Crippen LogP contribution in [-0.2, 0) is 0 Å². The van der Waals surface area contributed by atoms with E-state index in [1.54, 1.807) is 31.5 Å². The Morgan fingerprint density at radius 2 is 1.97 bits per heavy atom. The third-order valence-electron chi connectivity index (χ3n) is 5.56. The van der Waals surface area contributed by atoms with Crippen molar-refractivity contribution in [2.24, 2.45) is 5.10 Å². The Morgan fingerprint density at radius 3 is 2.66 bits per heavy atom. The fraction of sp³-hybridized carbons (Fsp3) is 0.478. The highest BCUT2D eigenvalue weighted by atomic mass is 16.5. The number of hydrogen-bond donors (Lipinski definition) is 1. The number of rotatable bonds is 7. The van der Waals surface area contributed by atoms with Crippen LogP contribution in [-0.4, -0.2) is 30.4 Å². The van der Waals surface area contributed by atoms with E-state index in [0.717, 1.165) is 5.56 Å². The Balaban J connectivity index is 1.69. The molecule has 6 nitrogen and oxygen atoms in total. The van der Waals surface area contributed by atoms with Gasteiger partial charge in [0.25, 0.3) is 5.91 Å². The first-order valence-electron chi connectivity index (χ1n) is 10.4. The van der Waals surface area contributed by atoms with Gasteiger partial charge in [-0.15, -0.1) is 0 Å². The molecule has 0 spiro atoms. The number of aromatic nitrogens is 1. The summed E-state index contributed by atoms with van der Waals surface area (Å²) in [6.07, 6.45) is 8.14. The number of carbonyl (C=O) groups excluding carboxylic acids is 1. The summed E-state index contributed by atoms with van der Waals surface area (Å²) in [6, 6.07) is 7.81. The molecule has 1 aliphatic rings. The van der Waals surface area contributed by atoms with Crippen molar-refractivity contribution in [3.8, 4) is 11.5 Å². The maximum atomic E-state index is 12.5. The molecule has 0 aliphatic heterocycles. The Morgan fingerprint density at radius 1 is 1.21 bits per heavy atom. The molecule has 0 atom stereocenters. The monoisotopic (exact) mass is 397 g/mol. The Kier molecular flexibility index (Phi) is 6.96. The smallest absolute Gasteiger partial charge is 0.271 e. The summed E-state index contributed by atoms with van der Waals surface area (Å²) in [7, 11) is 1.56. The van der Waals surface area contributed by atoms with Crippen LogP contribution < -0.4 is 14.9 Å². The molecule has 1 aromatic heterocycles. The van der Waals surface area contributed by atoms with Gasteiger partial charge in [-0.25, -0.2) is 5.43 Å². The maximum absolute atomic E-state index is 12.5. The molecule has 6 heteroatoms. The first-order chi connectivity index (χ1) is 14.0. The molecule has 3 rings (SSSR count). The summed E-state index contributed by atoms with van der Waals surface area (Å²) < 4.78 is 13.2. The molecule has 0 saturated heterocycles. The van der Waals surface area contributed by atoms with Gasteiger partial charge in [-0.1, -0.05) is 19.3 Å². The molecular formula is C23H31N3O3. The summed E-state index contributed by atoms with van der Waals surface area (Å²) >= 11 is 0. The van der Waals surface area contributed by atoms with E-state index in [2.05, 4.69) is 35.0 Å². The van der Waals surface area contributed by atoms with E-state index in [4.69, 9.17) is 9.47 Å². The number of carbonyl (C=O) groups is 1. The number of ether oxygens (including phenoxy) is 2.